The van der Waals surface area contributed by atoms with Crippen LogP contribution in [0.4, 0.5) is 4.39 Å². The second kappa shape index (κ2) is 6.36. The van der Waals surface area contributed by atoms with Gasteiger partial charge in [-0.05, 0) is 12.8 Å². The Morgan fingerprint density at radius 1 is 1.31 bits per heavy atom. The third kappa shape index (κ3) is 2.98. The minimum Gasteiger partial charge on any atom is -0.335 e. The third-order valence-electron chi connectivity index (χ3n) is 4.52. The largest absolute Gasteiger partial charge is 0.335 e. The van der Waals surface area contributed by atoms with Crippen molar-refractivity contribution in [3.63, 3.8) is 0 Å². The highest BCUT2D eigenvalue weighted by molar-refractivity contribution is 5.93. The van der Waals surface area contributed by atoms with Crippen molar-refractivity contribution in [3.8, 4) is 11.4 Å². The minimum atomic E-state index is -1.85. The number of alkyl halides is 1. The van der Waals surface area contributed by atoms with Crippen molar-refractivity contribution in [1.29, 1.82) is 0 Å². The predicted molar refractivity (Wildman–Crippen MR) is 90.9 cm³/mol. The number of piperidine rings is 1. The molecule has 26 heavy (non-hydrogen) atoms. The summed E-state index contributed by atoms with van der Waals surface area (Å²) in [4.78, 5) is 18.3. The van der Waals surface area contributed by atoms with Crippen molar-refractivity contribution in [1.82, 2.24) is 24.8 Å². The quantitative estimate of drug-likeness (QED) is 0.722. The first-order valence-corrected chi connectivity index (χ1v) is 8.42. The number of amides is 1. The lowest BCUT2D eigenvalue weighted by atomic mass is 9.94. The maximum atomic E-state index is 15.6. The lowest BCUT2D eigenvalue weighted by Crippen LogP contribution is -2.46. The molecule has 134 valence electrons. The Balaban J connectivity index is 1.56. The molecule has 1 aliphatic heterocycles. The molecule has 1 amide bonds. The summed E-state index contributed by atoms with van der Waals surface area (Å²) in [5, 5.41) is 7.89. The molecule has 1 aromatic carbocycles. The zero-order valence-corrected chi connectivity index (χ0v) is 14.3. The van der Waals surface area contributed by atoms with Crippen LogP contribution in [0.5, 0.6) is 0 Å². The smallest absolute Gasteiger partial charge is 0.266 e. The van der Waals surface area contributed by atoms with Gasteiger partial charge in [0.15, 0.2) is 0 Å². The van der Waals surface area contributed by atoms with Gasteiger partial charge in [0.25, 0.3) is 11.8 Å². The first-order valence-electron chi connectivity index (χ1n) is 8.42. The molecule has 1 saturated heterocycles. The van der Waals surface area contributed by atoms with E-state index in [0.29, 0.717) is 24.4 Å². The van der Waals surface area contributed by atoms with E-state index in [9.17, 15) is 4.79 Å². The average molecular weight is 355 g/mol. The van der Waals surface area contributed by atoms with Crippen LogP contribution in [0.3, 0.4) is 0 Å². The van der Waals surface area contributed by atoms with Gasteiger partial charge < -0.3 is 9.42 Å². The molecule has 0 aliphatic carbocycles. The molecule has 3 aromatic rings. The maximum absolute atomic E-state index is 15.6. The van der Waals surface area contributed by atoms with Gasteiger partial charge in [0.05, 0.1) is 18.3 Å². The van der Waals surface area contributed by atoms with Crippen molar-refractivity contribution >= 4 is 5.91 Å². The van der Waals surface area contributed by atoms with E-state index in [0.717, 1.165) is 5.56 Å². The van der Waals surface area contributed by atoms with E-state index in [-0.39, 0.29) is 24.8 Å². The van der Waals surface area contributed by atoms with Crippen molar-refractivity contribution in [2.45, 2.75) is 18.5 Å². The maximum Gasteiger partial charge on any atom is 0.266 e. The van der Waals surface area contributed by atoms with Gasteiger partial charge in [-0.15, -0.1) is 0 Å². The van der Waals surface area contributed by atoms with Crippen LogP contribution in [0.2, 0.25) is 0 Å². The molecule has 8 heteroatoms. The molecular formula is C18H18FN5O2. The van der Waals surface area contributed by atoms with Crippen LogP contribution in [0, 0.1) is 0 Å². The zero-order chi connectivity index (χ0) is 18.1. The summed E-state index contributed by atoms with van der Waals surface area (Å²) in [6, 6.07) is 9.25. The molecule has 4 rings (SSSR count). The number of carbonyl (C=O) groups excluding carboxylic acids is 1. The monoisotopic (exact) mass is 355 g/mol. The number of halogens is 1. The fourth-order valence-corrected chi connectivity index (χ4v) is 3.18. The fourth-order valence-electron chi connectivity index (χ4n) is 3.18. The molecule has 0 radical (unpaired) electrons. The SMILES string of the molecule is Cn1cc(C(=O)N2CCCC(F)(c3nc(-c4ccccc4)no3)C2)cn1. The van der Waals surface area contributed by atoms with E-state index in [1.807, 2.05) is 30.3 Å². The van der Waals surface area contributed by atoms with Crippen LogP contribution in [0.1, 0.15) is 29.1 Å². The predicted octanol–water partition coefficient (Wildman–Crippen LogP) is 2.57. The molecule has 1 aliphatic rings. The van der Waals surface area contributed by atoms with Gasteiger partial charge in [0.1, 0.15) is 0 Å². The Morgan fingerprint density at radius 2 is 2.12 bits per heavy atom. The second-order valence-corrected chi connectivity index (χ2v) is 6.49. The van der Waals surface area contributed by atoms with Gasteiger partial charge in [-0.25, -0.2) is 4.39 Å². The Morgan fingerprint density at radius 3 is 2.85 bits per heavy atom. The molecule has 1 atom stereocenters. The Hall–Kier alpha value is -3.03. The van der Waals surface area contributed by atoms with Crippen LogP contribution in [0.15, 0.2) is 47.2 Å². The van der Waals surface area contributed by atoms with Gasteiger partial charge in [0, 0.05) is 25.4 Å². The van der Waals surface area contributed by atoms with E-state index in [1.54, 1.807) is 17.9 Å². The molecule has 0 bridgehead atoms. The summed E-state index contributed by atoms with van der Waals surface area (Å²) >= 11 is 0. The Labute approximate surface area is 149 Å². The van der Waals surface area contributed by atoms with Crippen molar-refractivity contribution in [3.05, 3.63) is 54.2 Å². The lowest BCUT2D eigenvalue weighted by molar-refractivity contribution is 0.0152. The number of aromatic nitrogens is 4. The highest BCUT2D eigenvalue weighted by Crippen LogP contribution is 2.36. The molecule has 7 nitrogen and oxygen atoms in total. The lowest BCUT2D eigenvalue weighted by Gasteiger charge is -2.34. The number of hydrogen-bond donors (Lipinski definition) is 0. The van der Waals surface area contributed by atoms with Crippen molar-refractivity contribution in [2.75, 3.05) is 13.1 Å². The van der Waals surface area contributed by atoms with E-state index < -0.39 is 5.67 Å². The average Bonchev–Trinajstić information content (AvgIpc) is 3.32. The Kier molecular flexibility index (Phi) is 4.02. The molecule has 0 spiro atoms. The van der Waals surface area contributed by atoms with Gasteiger partial charge in [0.2, 0.25) is 11.5 Å². The highest BCUT2D eigenvalue weighted by Gasteiger charge is 2.44. The topological polar surface area (TPSA) is 77.0 Å². The standard InChI is InChI=1S/C18H18FN5O2/c1-23-11-14(10-20-23)16(25)24-9-5-8-18(19,12-24)17-21-15(22-26-17)13-6-3-2-4-7-13/h2-4,6-7,10-11H,5,8-9,12H2,1H3. The van der Waals surface area contributed by atoms with E-state index in [2.05, 4.69) is 15.2 Å². The summed E-state index contributed by atoms with van der Waals surface area (Å²) < 4.78 is 22.3. The zero-order valence-electron chi connectivity index (χ0n) is 14.3. The van der Waals surface area contributed by atoms with Crippen LogP contribution < -0.4 is 0 Å². The molecular weight excluding hydrogens is 337 g/mol. The number of rotatable bonds is 3. The highest BCUT2D eigenvalue weighted by atomic mass is 19.1. The van der Waals surface area contributed by atoms with Crippen LogP contribution in [0.25, 0.3) is 11.4 Å². The molecule has 3 heterocycles. The van der Waals surface area contributed by atoms with E-state index in [4.69, 9.17) is 4.52 Å². The van der Waals surface area contributed by atoms with Crippen LogP contribution in [-0.4, -0.2) is 43.8 Å². The summed E-state index contributed by atoms with van der Waals surface area (Å²) in [7, 11) is 1.73. The van der Waals surface area contributed by atoms with Crippen LogP contribution in [-0.2, 0) is 12.7 Å². The number of aryl methyl sites for hydroxylation is 1. The molecule has 0 saturated carbocycles. The minimum absolute atomic E-state index is 0.0833. The first kappa shape index (κ1) is 16.4. The summed E-state index contributed by atoms with van der Waals surface area (Å²) in [5.41, 5.74) is -0.659. The number of hydrogen-bond acceptors (Lipinski definition) is 5. The fraction of sp³-hybridized carbons (Fsp3) is 0.333. The Bertz CT molecular complexity index is 923. The number of benzene rings is 1. The number of carbonyl (C=O) groups is 1. The summed E-state index contributed by atoms with van der Waals surface area (Å²) in [6.07, 6.45) is 3.86. The second-order valence-electron chi connectivity index (χ2n) is 6.49. The molecule has 1 fully saturated rings. The van der Waals surface area contributed by atoms with Crippen molar-refractivity contribution in [2.24, 2.45) is 7.05 Å². The van der Waals surface area contributed by atoms with E-state index >= 15 is 4.39 Å². The van der Waals surface area contributed by atoms with Crippen LogP contribution >= 0.6 is 0 Å². The normalized spacial score (nSPS) is 20.3. The van der Waals surface area contributed by atoms with Crippen molar-refractivity contribution < 1.29 is 13.7 Å². The third-order valence-corrected chi connectivity index (χ3v) is 4.52. The molecule has 1 unspecified atom stereocenters. The molecule has 2 aromatic heterocycles. The summed E-state index contributed by atoms with van der Waals surface area (Å²) in [6.45, 7) is 0.371. The van der Waals surface area contributed by atoms with Gasteiger partial charge in [-0.1, -0.05) is 35.5 Å². The molecule has 0 N–H and O–H groups in total. The van der Waals surface area contributed by atoms with Gasteiger partial charge >= 0.3 is 0 Å². The van der Waals surface area contributed by atoms with Gasteiger partial charge in [-0.2, -0.15) is 10.1 Å². The van der Waals surface area contributed by atoms with E-state index in [1.165, 1.54) is 11.1 Å². The number of likely N-dealkylation sites (tertiary alicyclic amines) is 1. The first-order chi connectivity index (χ1) is 12.5. The summed E-state index contributed by atoms with van der Waals surface area (Å²) in [5.74, 6) is 0.0102. The number of nitrogens with zero attached hydrogens (tertiary/aromatic N) is 5. The van der Waals surface area contributed by atoms with Gasteiger partial charge in [-0.3, -0.25) is 9.48 Å².